The van der Waals surface area contributed by atoms with Crippen LogP contribution in [0.25, 0.3) is 0 Å². The van der Waals surface area contributed by atoms with E-state index in [-0.39, 0.29) is 22.9 Å². The average Bonchev–Trinajstić information content (AvgIpc) is 2.46. The monoisotopic (exact) mass is 296 g/mol. The molecule has 7 heteroatoms. The molecular weight excluding hydrogens is 276 g/mol. The first-order valence-corrected chi connectivity index (χ1v) is 6.80. The number of hydrogen-bond acceptors (Lipinski definition) is 5. The second-order valence-corrected chi connectivity index (χ2v) is 4.39. The van der Waals surface area contributed by atoms with Gasteiger partial charge in [0.2, 0.25) is 6.54 Å². The summed E-state index contributed by atoms with van der Waals surface area (Å²) >= 11 is 0. The first-order valence-electron chi connectivity index (χ1n) is 6.80. The van der Waals surface area contributed by atoms with Gasteiger partial charge in [-0.15, -0.1) is 0 Å². The van der Waals surface area contributed by atoms with Crippen LogP contribution >= 0.6 is 0 Å². The molecule has 1 aromatic rings. The third-order valence-electron chi connectivity index (χ3n) is 2.57. The van der Waals surface area contributed by atoms with Gasteiger partial charge in [0.25, 0.3) is 5.69 Å². The lowest BCUT2D eigenvalue weighted by Gasteiger charge is -1.96. The number of non-ortho nitro benzene ring substituents is 1. The fourth-order valence-corrected chi connectivity index (χ4v) is 1.45. The molecule has 21 heavy (non-hydrogen) atoms. The quantitative estimate of drug-likeness (QED) is 0.540. The number of nitrogens with zero attached hydrogens (tertiary/aromatic N) is 2. The molecular formula is C14H20N2O5. The van der Waals surface area contributed by atoms with E-state index in [0.29, 0.717) is 19.3 Å². The highest BCUT2D eigenvalue weighted by molar-refractivity contribution is 5.78. The van der Waals surface area contributed by atoms with E-state index in [0.717, 1.165) is 12.8 Å². The predicted molar refractivity (Wildman–Crippen MR) is 78.7 cm³/mol. The Morgan fingerprint density at radius 2 is 1.62 bits per heavy atom. The van der Waals surface area contributed by atoms with Crippen molar-refractivity contribution in [3.63, 3.8) is 0 Å². The molecule has 0 radical (unpaired) electrons. The van der Waals surface area contributed by atoms with E-state index in [4.69, 9.17) is 0 Å². The third-order valence-corrected chi connectivity index (χ3v) is 2.57. The van der Waals surface area contributed by atoms with Gasteiger partial charge < -0.3 is 0 Å². The molecule has 0 aromatic heterocycles. The van der Waals surface area contributed by atoms with Crippen molar-refractivity contribution in [3.05, 3.63) is 50.6 Å². The summed E-state index contributed by atoms with van der Waals surface area (Å²) in [5, 5.41) is 19.9. The summed E-state index contributed by atoms with van der Waals surface area (Å²) in [6, 6.07) is 7.93. The van der Waals surface area contributed by atoms with Gasteiger partial charge in [-0.05, 0) is 6.42 Å². The van der Waals surface area contributed by atoms with Crippen LogP contribution in [-0.4, -0.2) is 22.2 Å². The van der Waals surface area contributed by atoms with Crippen LogP contribution in [0.3, 0.4) is 0 Å². The largest absolute Gasteiger partial charge is 0.300 e. The number of nitro benzene ring substituents is 1. The summed E-state index contributed by atoms with van der Waals surface area (Å²) in [7, 11) is 0. The summed E-state index contributed by atoms with van der Waals surface area (Å²) in [5.74, 6) is 0.152. The third kappa shape index (κ3) is 11.2. The van der Waals surface area contributed by atoms with E-state index in [2.05, 4.69) is 0 Å². The Balaban J connectivity index is 0.000000394. The lowest BCUT2D eigenvalue weighted by molar-refractivity contribution is -0.480. The first kappa shape index (κ1) is 18.7. The number of benzene rings is 1. The highest BCUT2D eigenvalue weighted by Crippen LogP contribution is 2.06. The molecule has 0 aliphatic carbocycles. The minimum Gasteiger partial charge on any atom is -0.300 e. The standard InChI is InChI=1S/C8H15NO3.C6H5NO2/c1-2-3-5-8(10)6-4-7-9(11)12;8-7(9)6-4-2-1-3-5-6/h2-7H2,1H3;1-5H. The molecule has 0 saturated heterocycles. The molecule has 0 saturated carbocycles. The molecule has 0 heterocycles. The molecule has 0 atom stereocenters. The number of Topliss-reactive ketones (excluding diaryl/α,β-unsaturated/α-hetero) is 1. The topological polar surface area (TPSA) is 103 Å². The first-order chi connectivity index (χ1) is 9.97. The normalized spacial score (nSPS) is 9.38. The van der Waals surface area contributed by atoms with Crippen LogP contribution in [0.5, 0.6) is 0 Å². The molecule has 0 aliphatic heterocycles. The van der Waals surface area contributed by atoms with Crippen LogP contribution in [0, 0.1) is 20.2 Å². The van der Waals surface area contributed by atoms with Gasteiger partial charge in [-0.25, -0.2) is 0 Å². The molecule has 0 fully saturated rings. The van der Waals surface area contributed by atoms with E-state index in [1.807, 2.05) is 6.92 Å². The molecule has 0 N–H and O–H groups in total. The molecule has 0 amide bonds. The Bertz CT molecular complexity index is 448. The zero-order chi connectivity index (χ0) is 16.1. The van der Waals surface area contributed by atoms with Crippen molar-refractivity contribution in [2.24, 2.45) is 0 Å². The minimum atomic E-state index is -0.417. The zero-order valence-electron chi connectivity index (χ0n) is 12.1. The van der Waals surface area contributed by atoms with Gasteiger partial charge in [-0.3, -0.25) is 25.0 Å². The number of carbonyl (C=O) groups is 1. The molecule has 7 nitrogen and oxygen atoms in total. The number of para-hydroxylation sites is 1. The number of rotatable bonds is 8. The van der Waals surface area contributed by atoms with Crippen LogP contribution < -0.4 is 0 Å². The fraction of sp³-hybridized carbons (Fsp3) is 0.500. The van der Waals surface area contributed by atoms with E-state index in [1.165, 1.54) is 12.1 Å². The van der Waals surface area contributed by atoms with Gasteiger partial charge >= 0.3 is 0 Å². The maximum absolute atomic E-state index is 11.0. The van der Waals surface area contributed by atoms with Crippen molar-refractivity contribution in [2.75, 3.05) is 6.54 Å². The average molecular weight is 296 g/mol. The number of carbonyl (C=O) groups excluding carboxylic acids is 1. The molecule has 0 aliphatic rings. The van der Waals surface area contributed by atoms with Crippen molar-refractivity contribution in [3.8, 4) is 0 Å². The molecule has 0 unspecified atom stereocenters. The molecule has 0 spiro atoms. The van der Waals surface area contributed by atoms with E-state index in [9.17, 15) is 25.0 Å². The van der Waals surface area contributed by atoms with Crippen LogP contribution in [0.4, 0.5) is 5.69 Å². The van der Waals surface area contributed by atoms with Crippen LogP contribution in [0.15, 0.2) is 30.3 Å². The highest BCUT2D eigenvalue weighted by Gasteiger charge is 2.03. The Morgan fingerprint density at radius 3 is 2.05 bits per heavy atom. The number of ketones is 1. The number of nitro groups is 2. The van der Waals surface area contributed by atoms with E-state index in [1.54, 1.807) is 18.2 Å². The van der Waals surface area contributed by atoms with Crippen LogP contribution in [-0.2, 0) is 4.79 Å². The van der Waals surface area contributed by atoms with E-state index < -0.39 is 4.92 Å². The molecule has 1 rings (SSSR count). The number of hydrogen-bond donors (Lipinski definition) is 0. The lowest BCUT2D eigenvalue weighted by atomic mass is 10.1. The summed E-state index contributed by atoms with van der Waals surface area (Å²) in [5.41, 5.74) is 0.137. The van der Waals surface area contributed by atoms with Gasteiger partial charge in [0.05, 0.1) is 4.92 Å². The van der Waals surface area contributed by atoms with Crippen molar-refractivity contribution < 1.29 is 14.6 Å². The lowest BCUT2D eigenvalue weighted by Crippen LogP contribution is -2.04. The molecule has 116 valence electrons. The van der Waals surface area contributed by atoms with Crippen LogP contribution in [0.1, 0.15) is 39.0 Å². The molecule has 1 aromatic carbocycles. The Labute approximate surface area is 123 Å². The summed E-state index contributed by atoms with van der Waals surface area (Å²) < 4.78 is 0. The van der Waals surface area contributed by atoms with Crippen molar-refractivity contribution in [1.29, 1.82) is 0 Å². The Morgan fingerprint density at radius 1 is 1.05 bits per heavy atom. The van der Waals surface area contributed by atoms with Gasteiger partial charge in [-0.1, -0.05) is 31.5 Å². The predicted octanol–water partition coefficient (Wildman–Crippen LogP) is 3.40. The smallest absolute Gasteiger partial charge is 0.269 e. The minimum absolute atomic E-state index is 0.0855. The SMILES string of the molecule is CCCCC(=O)CCC[N+](=O)[O-].O=[N+]([O-])c1ccccc1. The van der Waals surface area contributed by atoms with Crippen LogP contribution in [0.2, 0.25) is 0 Å². The van der Waals surface area contributed by atoms with Gasteiger partial charge in [-0.2, -0.15) is 0 Å². The van der Waals surface area contributed by atoms with Gasteiger partial charge in [0, 0.05) is 36.3 Å². The fourth-order valence-electron chi connectivity index (χ4n) is 1.45. The van der Waals surface area contributed by atoms with Crippen molar-refractivity contribution in [2.45, 2.75) is 39.0 Å². The highest BCUT2D eigenvalue weighted by atomic mass is 16.6. The Hall–Kier alpha value is -2.31. The van der Waals surface area contributed by atoms with Gasteiger partial charge in [0.1, 0.15) is 5.78 Å². The molecule has 0 bridgehead atoms. The summed E-state index contributed by atoms with van der Waals surface area (Å²) in [6.07, 6.45) is 3.23. The maximum Gasteiger partial charge on any atom is 0.269 e. The van der Waals surface area contributed by atoms with Crippen molar-refractivity contribution >= 4 is 11.5 Å². The zero-order valence-corrected chi connectivity index (χ0v) is 12.1. The second kappa shape index (κ2) is 11.5. The number of unbranched alkanes of at least 4 members (excludes halogenated alkanes) is 1. The summed E-state index contributed by atoms with van der Waals surface area (Å²) in [6.45, 7) is 1.93. The van der Waals surface area contributed by atoms with Crippen molar-refractivity contribution in [1.82, 2.24) is 0 Å². The summed E-state index contributed by atoms with van der Waals surface area (Å²) in [4.78, 5) is 30.1. The maximum atomic E-state index is 11.0. The second-order valence-electron chi connectivity index (χ2n) is 4.39. The Kier molecular flexibility index (Phi) is 10.2. The van der Waals surface area contributed by atoms with Gasteiger partial charge in [0.15, 0.2) is 0 Å². The van der Waals surface area contributed by atoms with E-state index >= 15 is 0 Å².